The second kappa shape index (κ2) is 75.5. The van der Waals surface area contributed by atoms with Gasteiger partial charge in [0.25, 0.3) is 0 Å². The molecule has 5 atom stereocenters. The molecule has 0 radical (unpaired) electrons. The lowest BCUT2D eigenvalue weighted by atomic mass is 10.0. The number of carbonyl (C=O) groups excluding carboxylic acids is 4. The van der Waals surface area contributed by atoms with Crippen molar-refractivity contribution in [1.82, 2.24) is 0 Å². The molecule has 19 heteroatoms. The number of hydrogen-bond donors (Lipinski definition) is 3. The van der Waals surface area contributed by atoms with Gasteiger partial charge in [0, 0.05) is 25.7 Å². The summed E-state index contributed by atoms with van der Waals surface area (Å²) >= 11 is 0. The third-order valence-electron chi connectivity index (χ3n) is 17.3. The highest BCUT2D eigenvalue weighted by Gasteiger charge is 2.30. The maximum absolute atomic E-state index is 13.1. The summed E-state index contributed by atoms with van der Waals surface area (Å²) in [5.41, 5.74) is 0. The summed E-state index contributed by atoms with van der Waals surface area (Å²) in [5, 5.41) is 10.6. The quantitative estimate of drug-likeness (QED) is 0.0169. The average molecular weight is 1480 g/mol. The summed E-state index contributed by atoms with van der Waals surface area (Å²) in [6, 6.07) is 0. The predicted octanol–water partition coefficient (Wildman–Crippen LogP) is 23.8. The molecule has 2 unspecified atom stereocenters. The third kappa shape index (κ3) is 74.5. The molecule has 0 aromatic heterocycles. The van der Waals surface area contributed by atoms with Crippen molar-refractivity contribution in [1.29, 1.82) is 0 Å². The number of phosphoric ester groups is 2. The summed E-state index contributed by atoms with van der Waals surface area (Å²) in [5.74, 6) is -2.26. The van der Waals surface area contributed by atoms with Crippen molar-refractivity contribution in [3.8, 4) is 0 Å². The second-order valence-electron chi connectivity index (χ2n) is 27.4. The Labute approximate surface area is 621 Å². The number of aliphatic hydroxyl groups is 1. The Morgan fingerprint density at radius 2 is 0.500 bits per heavy atom. The molecule has 0 heterocycles. The smallest absolute Gasteiger partial charge is 0.462 e. The minimum atomic E-state index is -4.99. The first-order chi connectivity index (χ1) is 49.7. The SMILES string of the molecule is CCCCC/C=C\C/C=C\C/C=C\C/C=C\C/C=C\CCC(=O)O[C@H](COC(=O)CCCCCCC/C=C\CCCCCCCC)COP(=O)(O)OC[C@@H](O)COP(=O)(O)OC[C@@H](COC(=O)CCCCCCCCCCCCCCC)OC(=O)CCCCCCCCC/C=C\CCCCCC. The van der Waals surface area contributed by atoms with E-state index in [0.717, 1.165) is 135 Å². The summed E-state index contributed by atoms with van der Waals surface area (Å²) in [6.07, 6.45) is 78.5. The van der Waals surface area contributed by atoms with Crippen LogP contribution in [0.5, 0.6) is 0 Å². The van der Waals surface area contributed by atoms with Crippen molar-refractivity contribution in [3.63, 3.8) is 0 Å². The first-order valence-electron chi connectivity index (χ1n) is 40.8. The Bertz CT molecular complexity index is 2260. The molecule has 0 aromatic carbocycles. The van der Waals surface area contributed by atoms with Gasteiger partial charge in [0.15, 0.2) is 12.2 Å². The molecule has 102 heavy (non-hydrogen) atoms. The van der Waals surface area contributed by atoms with Crippen LogP contribution in [-0.4, -0.2) is 96.7 Å². The van der Waals surface area contributed by atoms with E-state index in [1.165, 1.54) is 141 Å². The number of unbranched alkanes of at least 4 members (excludes halogenated alkanes) is 37. The lowest BCUT2D eigenvalue weighted by molar-refractivity contribution is -0.161. The Balaban J connectivity index is 5.41. The molecule has 0 fully saturated rings. The van der Waals surface area contributed by atoms with Crippen molar-refractivity contribution in [2.45, 2.75) is 380 Å². The van der Waals surface area contributed by atoms with E-state index in [0.29, 0.717) is 32.1 Å². The van der Waals surface area contributed by atoms with Gasteiger partial charge in [0.1, 0.15) is 19.3 Å². The van der Waals surface area contributed by atoms with Gasteiger partial charge in [-0.2, -0.15) is 0 Å². The highest BCUT2D eigenvalue weighted by atomic mass is 31.2. The van der Waals surface area contributed by atoms with E-state index in [1.54, 1.807) is 0 Å². The minimum absolute atomic E-state index is 0.0282. The molecule has 592 valence electrons. The number of ether oxygens (including phenoxy) is 4. The monoisotopic (exact) mass is 1480 g/mol. The molecule has 0 saturated carbocycles. The maximum atomic E-state index is 13.1. The molecule has 0 rings (SSSR count). The molecular weight excluding hydrogens is 1330 g/mol. The molecular formula is C83H148O17P2. The van der Waals surface area contributed by atoms with Crippen molar-refractivity contribution in [2.75, 3.05) is 39.6 Å². The van der Waals surface area contributed by atoms with Gasteiger partial charge in [-0.15, -0.1) is 0 Å². The number of carbonyl (C=O) groups is 4. The van der Waals surface area contributed by atoms with E-state index in [2.05, 4.69) is 94.5 Å². The van der Waals surface area contributed by atoms with E-state index in [9.17, 15) is 43.2 Å². The van der Waals surface area contributed by atoms with Crippen molar-refractivity contribution in [3.05, 3.63) is 85.1 Å². The Hall–Kier alpha value is -3.76. The molecule has 0 saturated heterocycles. The van der Waals surface area contributed by atoms with Gasteiger partial charge in [0.2, 0.25) is 0 Å². The van der Waals surface area contributed by atoms with Crippen LogP contribution in [0.4, 0.5) is 0 Å². The van der Waals surface area contributed by atoms with Gasteiger partial charge < -0.3 is 33.8 Å². The van der Waals surface area contributed by atoms with Gasteiger partial charge in [-0.3, -0.25) is 37.3 Å². The molecule has 0 aliphatic heterocycles. The number of rotatable bonds is 77. The van der Waals surface area contributed by atoms with Gasteiger partial charge in [-0.05, 0) is 116 Å². The van der Waals surface area contributed by atoms with Gasteiger partial charge >= 0.3 is 39.5 Å². The van der Waals surface area contributed by atoms with Crippen molar-refractivity contribution < 1.29 is 80.2 Å². The molecule has 0 aliphatic carbocycles. The average Bonchev–Trinajstić information content (AvgIpc) is 1.21. The highest BCUT2D eigenvalue weighted by Crippen LogP contribution is 2.45. The van der Waals surface area contributed by atoms with Crippen LogP contribution in [0.25, 0.3) is 0 Å². The van der Waals surface area contributed by atoms with E-state index < -0.39 is 97.5 Å². The van der Waals surface area contributed by atoms with Crippen LogP contribution in [0.2, 0.25) is 0 Å². The molecule has 3 N–H and O–H groups in total. The Morgan fingerprint density at radius 1 is 0.275 bits per heavy atom. The third-order valence-corrected chi connectivity index (χ3v) is 19.2. The predicted molar refractivity (Wildman–Crippen MR) is 418 cm³/mol. The number of allylic oxidation sites excluding steroid dienone is 14. The summed E-state index contributed by atoms with van der Waals surface area (Å²) in [6.45, 7) is 4.79. The normalized spacial score (nSPS) is 14.3. The summed E-state index contributed by atoms with van der Waals surface area (Å²) in [4.78, 5) is 73.0. The molecule has 0 spiro atoms. The van der Waals surface area contributed by atoms with E-state index in [-0.39, 0.29) is 25.7 Å². The van der Waals surface area contributed by atoms with Crippen LogP contribution in [0, 0.1) is 0 Å². The summed E-state index contributed by atoms with van der Waals surface area (Å²) < 4.78 is 68.6. The summed E-state index contributed by atoms with van der Waals surface area (Å²) in [7, 11) is -9.97. The standard InChI is InChI=1S/C83H148O17P2/c1-5-9-13-17-21-25-29-33-36-37-38-39-42-46-50-54-58-62-66-70-83(88)100-79(74-94-81(86)68-64-60-56-52-48-44-40-34-30-26-22-18-14-10-6-2)76-98-102(91,92)96-72-77(84)71-95-101(89,90)97-75-78(73-93-80(85)67-63-59-55-51-47-43-32-28-24-20-16-12-8-4)99-82(87)69-65-61-57-53-49-45-41-35-31-27-23-19-15-11-7-3/h21,25,27,31,33-34,36,38-40,46,50,58,62,77-79,84H,5-20,22-24,26,28-30,32,35,37,41-45,47-49,51-57,59-61,63-76H2,1-4H3,(H,89,90)(H,91,92)/b25-21-,31-27-,36-33-,39-38-,40-34-,50-46-,62-58-/t77-,78+,79+/m0/s1. The highest BCUT2D eigenvalue weighted by molar-refractivity contribution is 7.47. The van der Waals surface area contributed by atoms with E-state index in [4.69, 9.17) is 37.0 Å². The van der Waals surface area contributed by atoms with E-state index >= 15 is 0 Å². The molecule has 0 amide bonds. The number of esters is 4. The van der Waals surface area contributed by atoms with E-state index in [1.807, 2.05) is 18.2 Å². The molecule has 0 aliphatic rings. The number of hydrogen-bond acceptors (Lipinski definition) is 15. The molecule has 0 aromatic rings. The first-order valence-corrected chi connectivity index (χ1v) is 43.8. The minimum Gasteiger partial charge on any atom is -0.462 e. The Kier molecular flexibility index (Phi) is 72.7. The molecule has 0 bridgehead atoms. The largest absolute Gasteiger partial charge is 0.472 e. The zero-order valence-electron chi connectivity index (χ0n) is 64.8. The fourth-order valence-corrected chi connectivity index (χ4v) is 12.7. The van der Waals surface area contributed by atoms with Crippen molar-refractivity contribution in [2.24, 2.45) is 0 Å². The van der Waals surface area contributed by atoms with Crippen LogP contribution in [0.3, 0.4) is 0 Å². The zero-order chi connectivity index (χ0) is 74.6. The van der Waals surface area contributed by atoms with Crippen LogP contribution in [-0.2, 0) is 65.4 Å². The van der Waals surface area contributed by atoms with Crippen molar-refractivity contribution >= 4 is 39.5 Å². The van der Waals surface area contributed by atoms with Crippen LogP contribution >= 0.6 is 15.6 Å². The topological polar surface area (TPSA) is 237 Å². The number of aliphatic hydroxyl groups excluding tert-OH is 1. The van der Waals surface area contributed by atoms with Gasteiger partial charge in [-0.25, -0.2) is 9.13 Å². The van der Waals surface area contributed by atoms with Crippen LogP contribution in [0.1, 0.15) is 362 Å². The van der Waals surface area contributed by atoms with Gasteiger partial charge in [-0.1, -0.05) is 305 Å². The van der Waals surface area contributed by atoms with Gasteiger partial charge in [0.05, 0.1) is 26.4 Å². The Morgan fingerprint density at radius 3 is 0.833 bits per heavy atom. The molecule has 17 nitrogen and oxygen atoms in total. The van der Waals surface area contributed by atoms with Crippen LogP contribution in [0.15, 0.2) is 85.1 Å². The fraction of sp³-hybridized carbons (Fsp3) is 0.783. The number of phosphoric acid groups is 2. The second-order valence-corrected chi connectivity index (χ2v) is 30.3. The lowest BCUT2D eigenvalue weighted by Gasteiger charge is -2.21. The van der Waals surface area contributed by atoms with Crippen LogP contribution < -0.4 is 0 Å². The lowest BCUT2D eigenvalue weighted by Crippen LogP contribution is -2.30. The first kappa shape index (κ1) is 98.2. The zero-order valence-corrected chi connectivity index (χ0v) is 66.6. The fourth-order valence-electron chi connectivity index (χ4n) is 11.1. The maximum Gasteiger partial charge on any atom is 0.472 e.